The van der Waals surface area contributed by atoms with E-state index in [1.165, 1.54) is 5.56 Å². The first kappa shape index (κ1) is 18.2. The van der Waals surface area contributed by atoms with Gasteiger partial charge in [-0.3, -0.25) is 9.78 Å². The number of piperidine rings is 1. The molecule has 1 fully saturated rings. The van der Waals surface area contributed by atoms with Gasteiger partial charge in [0.1, 0.15) is 11.9 Å². The summed E-state index contributed by atoms with van der Waals surface area (Å²) in [7, 11) is 0. The average Bonchev–Trinajstić information content (AvgIpc) is 3.23. The SMILES string of the molecule is O=C(c1cc(CCc2ccccc2)no1)N1CCC(Oc2cccnc2)CC1. The summed E-state index contributed by atoms with van der Waals surface area (Å²) in [6.45, 7) is 1.29. The van der Waals surface area contributed by atoms with E-state index in [2.05, 4.69) is 22.3 Å². The van der Waals surface area contributed by atoms with Crippen molar-refractivity contribution < 1.29 is 14.1 Å². The van der Waals surface area contributed by atoms with E-state index < -0.39 is 0 Å². The van der Waals surface area contributed by atoms with E-state index in [4.69, 9.17) is 9.26 Å². The molecule has 1 aromatic carbocycles. The summed E-state index contributed by atoms with van der Waals surface area (Å²) >= 11 is 0. The number of hydrogen-bond acceptors (Lipinski definition) is 5. The number of carbonyl (C=O) groups excluding carboxylic acids is 1. The molecule has 6 nitrogen and oxygen atoms in total. The van der Waals surface area contributed by atoms with Crippen molar-refractivity contribution in [1.82, 2.24) is 15.0 Å². The number of aryl methyl sites for hydroxylation is 2. The standard InChI is InChI=1S/C22H23N3O3/c26-22(21-15-18(24-28-21)9-8-17-5-2-1-3-6-17)25-13-10-19(11-14-25)27-20-7-4-12-23-16-20/h1-7,12,15-16,19H,8-11,13-14H2. The van der Waals surface area contributed by atoms with Crippen LogP contribution in [0.1, 0.15) is 34.7 Å². The molecule has 144 valence electrons. The Morgan fingerprint density at radius 3 is 2.68 bits per heavy atom. The summed E-state index contributed by atoms with van der Waals surface area (Å²) in [6, 6.07) is 15.7. The van der Waals surface area contributed by atoms with Crippen LogP contribution in [0, 0.1) is 0 Å². The topological polar surface area (TPSA) is 68.5 Å². The Balaban J connectivity index is 1.28. The van der Waals surface area contributed by atoms with Crippen LogP contribution in [-0.4, -0.2) is 40.1 Å². The Labute approximate surface area is 164 Å². The number of nitrogens with zero attached hydrogens (tertiary/aromatic N) is 3. The van der Waals surface area contributed by atoms with Gasteiger partial charge in [0.2, 0.25) is 5.76 Å². The number of hydrogen-bond donors (Lipinski definition) is 0. The third-order valence-electron chi connectivity index (χ3n) is 4.95. The zero-order chi connectivity index (χ0) is 19.2. The van der Waals surface area contributed by atoms with Crippen molar-refractivity contribution in [1.29, 1.82) is 0 Å². The fourth-order valence-electron chi connectivity index (χ4n) is 3.39. The predicted octanol–water partition coefficient (Wildman–Crippen LogP) is 3.54. The lowest BCUT2D eigenvalue weighted by atomic mass is 10.1. The lowest BCUT2D eigenvalue weighted by Crippen LogP contribution is -2.41. The summed E-state index contributed by atoms with van der Waals surface area (Å²) in [5.41, 5.74) is 2.05. The molecule has 3 aromatic rings. The van der Waals surface area contributed by atoms with E-state index in [1.54, 1.807) is 18.5 Å². The average molecular weight is 377 g/mol. The van der Waals surface area contributed by atoms with E-state index in [0.717, 1.165) is 37.1 Å². The van der Waals surface area contributed by atoms with Crippen molar-refractivity contribution in [2.24, 2.45) is 0 Å². The van der Waals surface area contributed by atoms with Gasteiger partial charge in [-0.2, -0.15) is 0 Å². The molecule has 28 heavy (non-hydrogen) atoms. The van der Waals surface area contributed by atoms with Crippen molar-refractivity contribution in [2.45, 2.75) is 31.8 Å². The minimum atomic E-state index is -0.0988. The molecule has 0 spiro atoms. The summed E-state index contributed by atoms with van der Waals surface area (Å²) in [5, 5.41) is 4.06. The third-order valence-corrected chi connectivity index (χ3v) is 4.95. The Morgan fingerprint density at radius 1 is 1.11 bits per heavy atom. The van der Waals surface area contributed by atoms with Crippen LogP contribution < -0.4 is 4.74 Å². The van der Waals surface area contributed by atoms with Crippen molar-refractivity contribution in [2.75, 3.05) is 13.1 Å². The fourth-order valence-corrected chi connectivity index (χ4v) is 3.39. The molecule has 0 radical (unpaired) electrons. The van der Waals surface area contributed by atoms with Gasteiger partial charge in [-0.05, 0) is 30.5 Å². The van der Waals surface area contributed by atoms with E-state index >= 15 is 0 Å². The van der Waals surface area contributed by atoms with Crippen LogP contribution in [0.25, 0.3) is 0 Å². The summed E-state index contributed by atoms with van der Waals surface area (Å²) in [5.74, 6) is 0.985. The molecule has 0 atom stereocenters. The van der Waals surface area contributed by atoms with Crippen LogP contribution in [0.15, 0.2) is 65.4 Å². The zero-order valence-corrected chi connectivity index (χ0v) is 15.7. The summed E-state index contributed by atoms with van der Waals surface area (Å²) in [4.78, 5) is 18.6. The minimum Gasteiger partial charge on any atom is -0.489 e. The smallest absolute Gasteiger partial charge is 0.292 e. The molecule has 1 saturated heterocycles. The molecule has 1 aliphatic heterocycles. The Hall–Kier alpha value is -3.15. The molecule has 0 saturated carbocycles. The van der Waals surface area contributed by atoms with Crippen molar-refractivity contribution >= 4 is 5.91 Å². The Morgan fingerprint density at radius 2 is 1.93 bits per heavy atom. The molecule has 1 aliphatic rings. The molecule has 0 aliphatic carbocycles. The number of likely N-dealkylation sites (tertiary alicyclic amines) is 1. The lowest BCUT2D eigenvalue weighted by Gasteiger charge is -2.31. The largest absolute Gasteiger partial charge is 0.489 e. The quantitative estimate of drug-likeness (QED) is 0.657. The first-order valence-corrected chi connectivity index (χ1v) is 9.63. The van der Waals surface area contributed by atoms with Gasteiger partial charge in [-0.25, -0.2) is 0 Å². The van der Waals surface area contributed by atoms with Crippen LogP contribution in [0.5, 0.6) is 5.75 Å². The molecule has 4 rings (SSSR count). The van der Waals surface area contributed by atoms with Crippen LogP contribution >= 0.6 is 0 Å². The van der Waals surface area contributed by atoms with Gasteiger partial charge < -0.3 is 14.2 Å². The fraction of sp³-hybridized carbons (Fsp3) is 0.318. The first-order chi connectivity index (χ1) is 13.8. The van der Waals surface area contributed by atoms with Crippen molar-refractivity contribution in [3.8, 4) is 5.75 Å². The van der Waals surface area contributed by atoms with Gasteiger partial charge in [0, 0.05) is 38.2 Å². The summed E-state index contributed by atoms with van der Waals surface area (Å²) in [6.07, 6.45) is 6.73. The molecule has 2 aromatic heterocycles. The van der Waals surface area contributed by atoms with Gasteiger partial charge in [-0.1, -0.05) is 35.5 Å². The molecule has 6 heteroatoms. The number of benzene rings is 1. The van der Waals surface area contributed by atoms with Gasteiger partial charge >= 0.3 is 0 Å². The summed E-state index contributed by atoms with van der Waals surface area (Å²) < 4.78 is 11.2. The van der Waals surface area contributed by atoms with Crippen molar-refractivity contribution in [3.05, 3.63) is 77.9 Å². The monoisotopic (exact) mass is 377 g/mol. The third kappa shape index (κ3) is 4.57. The highest BCUT2D eigenvalue weighted by Gasteiger charge is 2.27. The van der Waals surface area contributed by atoms with Crippen LogP contribution in [-0.2, 0) is 12.8 Å². The number of carbonyl (C=O) groups is 1. The number of aromatic nitrogens is 2. The second-order valence-corrected chi connectivity index (χ2v) is 6.97. The van der Waals surface area contributed by atoms with Crippen LogP contribution in [0.2, 0.25) is 0 Å². The maximum absolute atomic E-state index is 12.7. The Kier molecular flexibility index (Phi) is 5.66. The van der Waals surface area contributed by atoms with Gasteiger partial charge in [0.05, 0.1) is 11.9 Å². The van der Waals surface area contributed by atoms with Gasteiger partial charge in [0.15, 0.2) is 0 Å². The molecule has 0 N–H and O–H groups in total. The molecule has 0 unspecified atom stereocenters. The molecule has 1 amide bonds. The lowest BCUT2D eigenvalue weighted by molar-refractivity contribution is 0.0557. The van der Waals surface area contributed by atoms with Gasteiger partial charge in [0.25, 0.3) is 5.91 Å². The van der Waals surface area contributed by atoms with Gasteiger partial charge in [-0.15, -0.1) is 0 Å². The normalized spacial score (nSPS) is 14.8. The van der Waals surface area contributed by atoms with E-state index in [1.807, 2.05) is 35.2 Å². The first-order valence-electron chi connectivity index (χ1n) is 9.63. The van der Waals surface area contributed by atoms with E-state index in [9.17, 15) is 4.79 Å². The van der Waals surface area contributed by atoms with Crippen LogP contribution in [0.4, 0.5) is 0 Å². The van der Waals surface area contributed by atoms with E-state index in [0.29, 0.717) is 18.8 Å². The molecule has 0 bridgehead atoms. The second kappa shape index (κ2) is 8.69. The predicted molar refractivity (Wildman–Crippen MR) is 104 cm³/mol. The maximum Gasteiger partial charge on any atom is 0.292 e. The highest BCUT2D eigenvalue weighted by atomic mass is 16.5. The molecular weight excluding hydrogens is 354 g/mol. The molecule has 3 heterocycles. The minimum absolute atomic E-state index is 0.0988. The number of pyridine rings is 1. The maximum atomic E-state index is 12.7. The Bertz CT molecular complexity index is 888. The molecular formula is C22H23N3O3. The number of amides is 1. The second-order valence-electron chi connectivity index (χ2n) is 6.97. The van der Waals surface area contributed by atoms with E-state index in [-0.39, 0.29) is 12.0 Å². The number of rotatable bonds is 6. The highest BCUT2D eigenvalue weighted by molar-refractivity contribution is 5.91. The number of ether oxygens (including phenoxy) is 1. The van der Waals surface area contributed by atoms with Crippen LogP contribution in [0.3, 0.4) is 0 Å². The zero-order valence-electron chi connectivity index (χ0n) is 15.7. The van der Waals surface area contributed by atoms with Crippen molar-refractivity contribution in [3.63, 3.8) is 0 Å². The highest BCUT2D eigenvalue weighted by Crippen LogP contribution is 2.20.